The maximum absolute atomic E-state index is 12.3. The third-order valence-electron chi connectivity index (χ3n) is 4.66. The van der Waals surface area contributed by atoms with E-state index in [1.807, 2.05) is 30.3 Å². The Hall–Kier alpha value is -3.44. The average Bonchev–Trinajstić information content (AvgIpc) is 2.71. The van der Waals surface area contributed by atoms with Gasteiger partial charge >= 0.3 is 16.4 Å². The first-order valence-electron chi connectivity index (χ1n) is 9.29. The molecule has 11 heteroatoms. The maximum Gasteiger partial charge on any atom is 0.411 e. The summed E-state index contributed by atoms with van der Waals surface area (Å²) >= 11 is 0. The molecule has 3 N–H and O–H groups in total. The minimum absolute atomic E-state index is 0.0857. The first-order valence-corrected chi connectivity index (χ1v) is 10.7. The molecule has 164 valence electrons. The summed E-state index contributed by atoms with van der Waals surface area (Å²) in [5.74, 6) is -1.46. The molecule has 1 heterocycles. The molecule has 31 heavy (non-hydrogen) atoms. The van der Waals surface area contributed by atoms with E-state index in [1.54, 1.807) is 25.1 Å². The van der Waals surface area contributed by atoms with E-state index in [0.29, 0.717) is 16.8 Å². The van der Waals surface area contributed by atoms with E-state index in [-0.39, 0.29) is 23.9 Å². The van der Waals surface area contributed by atoms with Crippen LogP contribution >= 0.6 is 0 Å². The number of hydrogen-bond acceptors (Lipinski definition) is 6. The number of hydrogen-bond donors (Lipinski definition) is 3. The zero-order valence-electron chi connectivity index (χ0n) is 16.6. The molecule has 0 radical (unpaired) electrons. The van der Waals surface area contributed by atoms with E-state index in [2.05, 4.69) is 10.6 Å². The molecule has 3 rings (SSSR count). The number of carbonyl (C=O) groups is 3. The van der Waals surface area contributed by atoms with Gasteiger partial charge in [0.25, 0.3) is 5.91 Å². The van der Waals surface area contributed by atoms with Crippen LogP contribution in [0, 0.1) is 6.92 Å². The van der Waals surface area contributed by atoms with E-state index in [1.165, 1.54) is 0 Å². The summed E-state index contributed by atoms with van der Waals surface area (Å²) in [7, 11) is -4.62. The molecule has 1 aliphatic rings. The van der Waals surface area contributed by atoms with Crippen LogP contribution in [-0.2, 0) is 37.7 Å². The fraction of sp³-hybridized carbons (Fsp3) is 0.250. The predicted octanol–water partition coefficient (Wildman–Crippen LogP) is 1.42. The number of nitrogens with one attached hydrogen (secondary N) is 2. The first kappa shape index (κ1) is 22.2. The van der Waals surface area contributed by atoms with Gasteiger partial charge in [-0.2, -0.15) is 8.42 Å². The molecule has 0 aromatic heterocycles. The van der Waals surface area contributed by atoms with Crippen LogP contribution in [0.15, 0.2) is 48.5 Å². The van der Waals surface area contributed by atoms with Crippen LogP contribution in [0.1, 0.15) is 16.7 Å². The third kappa shape index (κ3) is 5.58. The SMILES string of the molecule is Cc1cccc(CC(=O)NC2CN(S(=O)(=O)O)C2=O)c1NC(=O)OCc1ccccc1. The summed E-state index contributed by atoms with van der Waals surface area (Å²) in [6.07, 6.45) is -0.844. The Morgan fingerprint density at radius 2 is 1.87 bits per heavy atom. The third-order valence-corrected chi connectivity index (χ3v) is 5.54. The van der Waals surface area contributed by atoms with Crippen LogP contribution in [0.5, 0.6) is 0 Å². The smallest absolute Gasteiger partial charge is 0.411 e. The number of nitrogens with zero attached hydrogens (tertiary/aromatic N) is 1. The van der Waals surface area contributed by atoms with Gasteiger partial charge in [0.1, 0.15) is 12.6 Å². The number of β-lactam (4-membered cyclic amide) rings is 1. The molecule has 10 nitrogen and oxygen atoms in total. The van der Waals surface area contributed by atoms with Crippen molar-refractivity contribution in [3.8, 4) is 0 Å². The van der Waals surface area contributed by atoms with Crippen molar-refractivity contribution in [2.24, 2.45) is 0 Å². The van der Waals surface area contributed by atoms with Gasteiger partial charge in [-0.15, -0.1) is 0 Å². The predicted molar refractivity (Wildman–Crippen MR) is 110 cm³/mol. The number of para-hydroxylation sites is 1. The van der Waals surface area contributed by atoms with Gasteiger partial charge in [-0.25, -0.2) is 9.10 Å². The summed E-state index contributed by atoms with van der Waals surface area (Å²) < 4.78 is 36.3. The molecular formula is C20H21N3O7S. The molecular weight excluding hydrogens is 426 g/mol. The monoisotopic (exact) mass is 447 g/mol. The Morgan fingerprint density at radius 1 is 1.16 bits per heavy atom. The molecule has 0 aliphatic carbocycles. The molecule has 3 amide bonds. The second-order valence-electron chi connectivity index (χ2n) is 6.94. The molecule has 1 aliphatic heterocycles. The van der Waals surface area contributed by atoms with Gasteiger partial charge in [-0.05, 0) is 23.6 Å². The van der Waals surface area contributed by atoms with Crippen LogP contribution in [0.3, 0.4) is 0 Å². The lowest BCUT2D eigenvalue weighted by molar-refractivity contribution is -0.140. The largest absolute Gasteiger partial charge is 0.444 e. The number of aryl methyl sites for hydroxylation is 1. The second kappa shape index (κ2) is 9.14. The summed E-state index contributed by atoms with van der Waals surface area (Å²) in [6, 6.07) is 13.2. The van der Waals surface area contributed by atoms with E-state index < -0.39 is 34.3 Å². The average molecular weight is 447 g/mol. The lowest BCUT2D eigenvalue weighted by atomic mass is 10.0. The lowest BCUT2D eigenvalue weighted by Gasteiger charge is -2.35. The molecule has 2 aromatic rings. The molecule has 1 saturated heterocycles. The zero-order valence-corrected chi connectivity index (χ0v) is 17.4. The fourth-order valence-electron chi connectivity index (χ4n) is 3.04. The zero-order chi connectivity index (χ0) is 22.6. The van der Waals surface area contributed by atoms with Crippen LogP contribution in [-0.4, -0.2) is 47.8 Å². The number of rotatable bonds is 7. The van der Waals surface area contributed by atoms with Gasteiger partial charge in [0.2, 0.25) is 5.91 Å². The molecule has 1 fully saturated rings. The normalized spacial score (nSPS) is 15.7. The van der Waals surface area contributed by atoms with Gasteiger partial charge in [0.15, 0.2) is 0 Å². The Balaban J connectivity index is 1.59. The van der Waals surface area contributed by atoms with Crippen molar-refractivity contribution in [3.05, 3.63) is 65.2 Å². The Morgan fingerprint density at radius 3 is 2.52 bits per heavy atom. The van der Waals surface area contributed by atoms with Crippen LogP contribution in [0.25, 0.3) is 0 Å². The van der Waals surface area contributed by atoms with E-state index in [9.17, 15) is 22.8 Å². The molecule has 1 atom stereocenters. The number of benzene rings is 2. The van der Waals surface area contributed by atoms with Gasteiger partial charge in [-0.3, -0.25) is 19.5 Å². The van der Waals surface area contributed by atoms with E-state index >= 15 is 0 Å². The number of carbonyl (C=O) groups excluding carboxylic acids is 3. The Kier molecular flexibility index (Phi) is 6.56. The van der Waals surface area contributed by atoms with Crippen molar-refractivity contribution in [2.75, 3.05) is 11.9 Å². The van der Waals surface area contributed by atoms with Gasteiger partial charge in [0, 0.05) is 0 Å². The van der Waals surface area contributed by atoms with Crippen LogP contribution < -0.4 is 10.6 Å². The molecule has 0 spiro atoms. The highest BCUT2D eigenvalue weighted by Crippen LogP contribution is 2.22. The maximum atomic E-state index is 12.3. The van der Waals surface area contributed by atoms with Crippen molar-refractivity contribution in [3.63, 3.8) is 0 Å². The quantitative estimate of drug-likeness (QED) is 0.430. The highest BCUT2D eigenvalue weighted by atomic mass is 32.2. The Labute approximate surface area is 179 Å². The molecule has 1 unspecified atom stereocenters. The van der Waals surface area contributed by atoms with Gasteiger partial charge in [0.05, 0.1) is 18.7 Å². The van der Waals surface area contributed by atoms with Crippen molar-refractivity contribution in [1.29, 1.82) is 0 Å². The van der Waals surface area contributed by atoms with Crippen LogP contribution in [0.4, 0.5) is 10.5 Å². The highest BCUT2D eigenvalue weighted by Gasteiger charge is 2.44. The van der Waals surface area contributed by atoms with Gasteiger partial charge < -0.3 is 10.1 Å². The van der Waals surface area contributed by atoms with Crippen molar-refractivity contribution >= 4 is 33.9 Å². The summed E-state index contributed by atoms with van der Waals surface area (Å²) in [5.41, 5.74) is 2.44. The molecule has 0 bridgehead atoms. The van der Waals surface area contributed by atoms with E-state index in [0.717, 1.165) is 5.56 Å². The minimum Gasteiger partial charge on any atom is -0.444 e. The van der Waals surface area contributed by atoms with Crippen molar-refractivity contribution < 1.29 is 32.1 Å². The van der Waals surface area contributed by atoms with Crippen molar-refractivity contribution in [2.45, 2.75) is 26.0 Å². The number of amides is 3. The number of anilines is 1. The highest BCUT2D eigenvalue weighted by molar-refractivity contribution is 7.84. The topological polar surface area (TPSA) is 142 Å². The standard InChI is InChI=1S/C20H21N3O7S/c1-13-6-5-9-15(10-17(24)21-16-11-23(19(16)25)31(27,28)29)18(13)22-20(26)30-12-14-7-3-2-4-8-14/h2-9,16H,10-12H2,1H3,(H,21,24)(H,22,26)(H,27,28,29). The van der Waals surface area contributed by atoms with Gasteiger partial charge in [-0.1, -0.05) is 48.5 Å². The molecule has 0 saturated carbocycles. The van der Waals surface area contributed by atoms with E-state index in [4.69, 9.17) is 9.29 Å². The summed E-state index contributed by atoms with van der Waals surface area (Å²) in [4.78, 5) is 36.3. The second-order valence-corrected chi connectivity index (χ2v) is 8.28. The minimum atomic E-state index is -4.62. The van der Waals surface area contributed by atoms with Crippen LogP contribution in [0.2, 0.25) is 0 Å². The lowest BCUT2D eigenvalue weighted by Crippen LogP contribution is -2.65. The summed E-state index contributed by atoms with van der Waals surface area (Å²) in [5, 5.41) is 5.06. The fourth-order valence-corrected chi connectivity index (χ4v) is 3.74. The summed E-state index contributed by atoms with van der Waals surface area (Å²) in [6.45, 7) is 1.50. The first-order chi connectivity index (χ1) is 14.6. The molecule has 2 aromatic carbocycles. The van der Waals surface area contributed by atoms with Crippen molar-refractivity contribution in [1.82, 2.24) is 9.62 Å². The number of ether oxygens (including phenoxy) is 1. The Bertz CT molecular complexity index is 1100.